The molecule has 2 N–H and O–H groups in total. The summed E-state index contributed by atoms with van der Waals surface area (Å²) in [6.07, 6.45) is -3.07. The number of amides is 1. The van der Waals surface area contributed by atoms with Crippen molar-refractivity contribution < 1.29 is 27.1 Å². The maximum Gasteiger partial charge on any atom is 0.435 e. The molecule has 1 heterocycles. The highest BCUT2D eigenvalue weighted by atomic mass is 19.4. The topological polar surface area (TPSA) is 97.2 Å². The third kappa shape index (κ3) is 5.38. The molecule has 210 valence electrons. The van der Waals surface area contributed by atoms with Gasteiger partial charge in [-0.25, -0.2) is 9.07 Å². The van der Waals surface area contributed by atoms with E-state index in [0.717, 1.165) is 24.5 Å². The van der Waals surface area contributed by atoms with E-state index < -0.39 is 34.9 Å². The Morgan fingerprint density at radius 1 is 1.12 bits per heavy atom. The van der Waals surface area contributed by atoms with Gasteiger partial charge in [-0.15, -0.1) is 0 Å². The lowest BCUT2D eigenvalue weighted by molar-refractivity contribution is -0.140. The summed E-state index contributed by atoms with van der Waals surface area (Å²) in [4.78, 5) is 14.8. The number of ether oxygens (including phenoxy) is 1. The van der Waals surface area contributed by atoms with E-state index in [1.807, 2.05) is 25.2 Å². The summed E-state index contributed by atoms with van der Waals surface area (Å²) in [5.74, 6) is -1.49. The number of carbonyl (C=O) groups is 1. The van der Waals surface area contributed by atoms with E-state index in [-0.39, 0.29) is 28.9 Å². The molecule has 0 spiro atoms. The molecule has 1 atom stereocenters. The fourth-order valence-electron chi connectivity index (χ4n) is 5.04. The SMILES string of the molecule is COc1ccc(C(c2ccc(F)c(-n3nc(C(F)(F)F)c(-c4cccc(C#N)c4)c3C(N)=O)c2)N(C)C2CC2)cc1. The van der Waals surface area contributed by atoms with E-state index in [1.165, 1.54) is 30.3 Å². The summed E-state index contributed by atoms with van der Waals surface area (Å²) in [5.41, 5.74) is 3.93. The molecular formula is C30H25F4N5O2. The molecule has 7 nitrogen and oxygen atoms in total. The van der Waals surface area contributed by atoms with Crippen LogP contribution in [0.15, 0.2) is 66.7 Å². The van der Waals surface area contributed by atoms with Crippen molar-refractivity contribution in [3.05, 3.63) is 101 Å². The molecule has 1 unspecified atom stereocenters. The van der Waals surface area contributed by atoms with Gasteiger partial charge in [0.15, 0.2) is 5.69 Å². The lowest BCUT2D eigenvalue weighted by atomic mass is 9.96. The number of alkyl halides is 3. The predicted molar refractivity (Wildman–Crippen MR) is 143 cm³/mol. The fraction of sp³-hybridized carbons (Fsp3) is 0.233. The highest BCUT2D eigenvalue weighted by Gasteiger charge is 2.41. The molecule has 1 aromatic heterocycles. The fourth-order valence-corrected chi connectivity index (χ4v) is 5.04. The number of nitrogens with zero attached hydrogens (tertiary/aromatic N) is 4. The number of halogens is 4. The number of methoxy groups -OCH3 is 1. The lowest BCUT2D eigenvalue weighted by Crippen LogP contribution is -2.28. The third-order valence-corrected chi connectivity index (χ3v) is 7.14. The summed E-state index contributed by atoms with van der Waals surface area (Å²) in [6.45, 7) is 0. The quantitative estimate of drug-likeness (QED) is 0.271. The largest absolute Gasteiger partial charge is 0.497 e. The number of aromatic nitrogens is 2. The number of nitrogens with two attached hydrogens (primary N) is 1. The molecule has 1 aliphatic rings. The number of rotatable bonds is 8. The first-order chi connectivity index (χ1) is 19.5. The van der Waals surface area contributed by atoms with Gasteiger partial charge < -0.3 is 10.5 Å². The van der Waals surface area contributed by atoms with Gasteiger partial charge in [0.25, 0.3) is 5.91 Å². The van der Waals surface area contributed by atoms with E-state index in [2.05, 4.69) is 10.00 Å². The minimum absolute atomic E-state index is 0.0671. The smallest absolute Gasteiger partial charge is 0.435 e. The number of hydrogen-bond acceptors (Lipinski definition) is 5. The van der Waals surface area contributed by atoms with E-state index in [9.17, 15) is 23.2 Å². The van der Waals surface area contributed by atoms with Crippen LogP contribution in [-0.2, 0) is 6.18 Å². The van der Waals surface area contributed by atoms with Crippen molar-refractivity contribution in [2.45, 2.75) is 31.1 Å². The first kappa shape index (κ1) is 27.9. The van der Waals surface area contributed by atoms with Gasteiger partial charge >= 0.3 is 6.18 Å². The van der Waals surface area contributed by atoms with Crippen LogP contribution in [0.5, 0.6) is 5.75 Å². The molecule has 0 radical (unpaired) electrons. The van der Waals surface area contributed by atoms with Gasteiger partial charge in [-0.3, -0.25) is 9.69 Å². The second kappa shape index (κ2) is 10.7. The van der Waals surface area contributed by atoms with Crippen LogP contribution in [0, 0.1) is 17.1 Å². The number of carbonyl (C=O) groups excluding carboxylic acids is 1. The van der Waals surface area contributed by atoms with Gasteiger partial charge in [0, 0.05) is 11.6 Å². The summed E-state index contributed by atoms with van der Waals surface area (Å²) in [7, 11) is 3.48. The third-order valence-electron chi connectivity index (χ3n) is 7.14. The standard InChI is InChI=1S/C30H25F4N5O2/c1-38(21-9-10-21)26(18-6-11-22(41-2)12-7-18)20-8-13-23(31)24(15-20)39-27(29(36)40)25(28(37-39)30(32,33)34)19-5-3-4-17(14-19)16-35/h3-8,11-15,21,26H,9-10H2,1-2H3,(H2,36,40). The van der Waals surface area contributed by atoms with Gasteiger partial charge in [-0.1, -0.05) is 30.3 Å². The molecular weight excluding hydrogens is 538 g/mol. The predicted octanol–water partition coefficient (Wildman–Crippen LogP) is 5.86. The highest BCUT2D eigenvalue weighted by molar-refractivity contribution is 5.99. The van der Waals surface area contributed by atoms with Crippen molar-refractivity contribution in [3.63, 3.8) is 0 Å². The molecule has 0 aliphatic heterocycles. The van der Waals surface area contributed by atoms with Crippen LogP contribution in [0.1, 0.15) is 51.8 Å². The number of hydrogen-bond donors (Lipinski definition) is 1. The maximum absolute atomic E-state index is 15.4. The van der Waals surface area contributed by atoms with Crippen LogP contribution < -0.4 is 10.5 Å². The Balaban J connectivity index is 1.73. The maximum atomic E-state index is 15.4. The Bertz CT molecular complexity index is 1650. The zero-order valence-electron chi connectivity index (χ0n) is 22.1. The van der Waals surface area contributed by atoms with Crippen LogP contribution in [0.25, 0.3) is 16.8 Å². The van der Waals surface area contributed by atoms with Crippen molar-refractivity contribution >= 4 is 5.91 Å². The van der Waals surface area contributed by atoms with Crippen molar-refractivity contribution in [2.24, 2.45) is 5.73 Å². The Morgan fingerprint density at radius 3 is 2.39 bits per heavy atom. The van der Waals surface area contributed by atoms with Gasteiger partial charge in [0.2, 0.25) is 0 Å². The van der Waals surface area contributed by atoms with E-state index in [0.29, 0.717) is 16.0 Å². The van der Waals surface area contributed by atoms with E-state index >= 15 is 4.39 Å². The Morgan fingerprint density at radius 2 is 1.80 bits per heavy atom. The second-order valence-corrected chi connectivity index (χ2v) is 9.82. The first-order valence-corrected chi connectivity index (χ1v) is 12.7. The van der Waals surface area contributed by atoms with Crippen LogP contribution in [0.4, 0.5) is 17.6 Å². The molecule has 0 saturated heterocycles. The molecule has 0 bridgehead atoms. The number of benzene rings is 3. The monoisotopic (exact) mass is 563 g/mol. The normalized spacial score (nSPS) is 14.1. The second-order valence-electron chi connectivity index (χ2n) is 9.82. The van der Waals surface area contributed by atoms with Crippen molar-refractivity contribution in [2.75, 3.05) is 14.2 Å². The molecule has 5 rings (SSSR count). The van der Waals surface area contributed by atoms with E-state index in [1.54, 1.807) is 25.3 Å². The van der Waals surface area contributed by atoms with Crippen LogP contribution in [-0.4, -0.2) is 40.8 Å². The van der Waals surface area contributed by atoms with Gasteiger partial charge in [-0.05, 0) is 73.0 Å². The molecule has 11 heteroatoms. The lowest BCUT2D eigenvalue weighted by Gasteiger charge is -2.29. The Hall–Kier alpha value is -4.69. The van der Waals surface area contributed by atoms with Gasteiger partial charge in [0.05, 0.1) is 24.8 Å². The Kier molecular flexibility index (Phi) is 7.28. The zero-order valence-corrected chi connectivity index (χ0v) is 22.1. The zero-order chi connectivity index (χ0) is 29.5. The average molecular weight is 564 g/mol. The van der Waals surface area contributed by atoms with Gasteiger partial charge in [-0.2, -0.15) is 23.5 Å². The Labute approximate surface area is 233 Å². The summed E-state index contributed by atoms with van der Waals surface area (Å²) < 4.78 is 64.1. The molecule has 1 saturated carbocycles. The molecule has 3 aromatic carbocycles. The molecule has 1 fully saturated rings. The van der Waals surface area contributed by atoms with Crippen LogP contribution in [0.3, 0.4) is 0 Å². The molecule has 1 aliphatic carbocycles. The highest BCUT2D eigenvalue weighted by Crippen LogP contribution is 2.41. The van der Waals surface area contributed by atoms with Crippen molar-refractivity contribution in [1.82, 2.24) is 14.7 Å². The van der Waals surface area contributed by atoms with Crippen LogP contribution in [0.2, 0.25) is 0 Å². The summed E-state index contributed by atoms with van der Waals surface area (Å²) in [5, 5.41) is 13.0. The molecule has 1 amide bonds. The number of primary amides is 1. The van der Waals surface area contributed by atoms with E-state index in [4.69, 9.17) is 10.5 Å². The minimum atomic E-state index is -5.01. The van der Waals surface area contributed by atoms with Crippen LogP contribution >= 0.6 is 0 Å². The molecule has 4 aromatic rings. The molecule has 41 heavy (non-hydrogen) atoms. The summed E-state index contributed by atoms with van der Waals surface area (Å²) in [6, 6.07) is 18.5. The minimum Gasteiger partial charge on any atom is -0.497 e. The van der Waals surface area contributed by atoms with Gasteiger partial charge in [0.1, 0.15) is 22.9 Å². The van der Waals surface area contributed by atoms with Crippen molar-refractivity contribution in [1.29, 1.82) is 5.26 Å². The number of nitriles is 1. The average Bonchev–Trinajstić information content (AvgIpc) is 3.72. The van der Waals surface area contributed by atoms with Crippen molar-refractivity contribution in [3.8, 4) is 28.6 Å². The first-order valence-electron chi connectivity index (χ1n) is 12.7. The summed E-state index contributed by atoms with van der Waals surface area (Å²) >= 11 is 0.